The number of amidine groups is 1. The van der Waals surface area contributed by atoms with Gasteiger partial charge in [0, 0.05) is 18.9 Å². The van der Waals surface area contributed by atoms with E-state index >= 15 is 0 Å². The van der Waals surface area contributed by atoms with Crippen molar-refractivity contribution < 1.29 is 10.0 Å². The van der Waals surface area contributed by atoms with Crippen molar-refractivity contribution in [2.24, 2.45) is 16.8 Å². The van der Waals surface area contributed by atoms with E-state index in [2.05, 4.69) is 10.5 Å². The van der Waals surface area contributed by atoms with Crippen LogP contribution in [0.3, 0.4) is 0 Å². The number of amides is 1. The fourth-order valence-corrected chi connectivity index (χ4v) is 2.39. The summed E-state index contributed by atoms with van der Waals surface area (Å²) in [6.45, 7) is 0.603. The standard InChI is InChI=1S/C13H25N3O2/c14-12(16-18)9-6-10-15-13(17)11-7-4-2-1-3-5-8-11/h11,18H,1-10H2,(H2,14,16)(H,15,17). The molecule has 1 fully saturated rings. The molecule has 104 valence electrons. The maximum absolute atomic E-state index is 12.0. The Morgan fingerprint density at radius 1 is 1.22 bits per heavy atom. The maximum atomic E-state index is 12.0. The minimum atomic E-state index is 0.177. The van der Waals surface area contributed by atoms with Gasteiger partial charge < -0.3 is 16.3 Å². The molecular formula is C13H25N3O2. The molecule has 5 nitrogen and oxygen atoms in total. The van der Waals surface area contributed by atoms with E-state index < -0.39 is 0 Å². The van der Waals surface area contributed by atoms with E-state index in [1.807, 2.05) is 0 Å². The van der Waals surface area contributed by atoms with E-state index in [-0.39, 0.29) is 17.7 Å². The molecule has 0 aromatic heterocycles. The number of carbonyl (C=O) groups is 1. The maximum Gasteiger partial charge on any atom is 0.223 e. The summed E-state index contributed by atoms with van der Waals surface area (Å²) in [5.74, 6) is 0.584. The summed E-state index contributed by atoms with van der Waals surface area (Å²) in [5, 5.41) is 14.2. The summed E-state index contributed by atoms with van der Waals surface area (Å²) in [4.78, 5) is 12.0. The molecule has 1 rings (SSSR count). The lowest BCUT2D eigenvalue weighted by Gasteiger charge is -2.19. The summed E-state index contributed by atoms with van der Waals surface area (Å²) in [7, 11) is 0. The number of carbonyl (C=O) groups excluding carboxylic acids is 1. The van der Waals surface area contributed by atoms with Crippen molar-refractivity contribution in [3.05, 3.63) is 0 Å². The Morgan fingerprint density at radius 2 is 1.83 bits per heavy atom. The predicted octanol–water partition coefficient (Wildman–Crippen LogP) is 1.99. The molecule has 4 N–H and O–H groups in total. The van der Waals surface area contributed by atoms with Crippen molar-refractivity contribution in [3.63, 3.8) is 0 Å². The second-order valence-corrected chi connectivity index (χ2v) is 5.03. The zero-order valence-electron chi connectivity index (χ0n) is 11.0. The molecule has 0 aromatic rings. The Balaban J connectivity index is 2.18. The first-order valence-electron chi connectivity index (χ1n) is 6.98. The summed E-state index contributed by atoms with van der Waals surface area (Å²) < 4.78 is 0. The highest BCUT2D eigenvalue weighted by Gasteiger charge is 2.18. The highest BCUT2D eigenvalue weighted by atomic mass is 16.4. The molecule has 0 spiro atoms. The fraction of sp³-hybridized carbons (Fsp3) is 0.846. The quantitative estimate of drug-likeness (QED) is 0.231. The Morgan fingerprint density at radius 3 is 2.44 bits per heavy atom. The molecule has 1 amide bonds. The van der Waals surface area contributed by atoms with Gasteiger partial charge in [-0.25, -0.2) is 0 Å². The third-order valence-corrected chi connectivity index (χ3v) is 3.51. The smallest absolute Gasteiger partial charge is 0.223 e. The first-order chi connectivity index (χ1) is 8.74. The largest absolute Gasteiger partial charge is 0.409 e. The zero-order chi connectivity index (χ0) is 13.2. The molecule has 1 aliphatic rings. The normalized spacial score (nSPS) is 19.0. The molecule has 1 saturated carbocycles. The molecule has 0 heterocycles. The van der Waals surface area contributed by atoms with Crippen LogP contribution in [0, 0.1) is 5.92 Å². The van der Waals surface area contributed by atoms with Crippen molar-refractivity contribution >= 4 is 11.7 Å². The van der Waals surface area contributed by atoms with Crippen LogP contribution in [0.25, 0.3) is 0 Å². The van der Waals surface area contributed by atoms with Gasteiger partial charge in [-0.05, 0) is 19.3 Å². The lowest BCUT2D eigenvalue weighted by Crippen LogP contribution is -2.32. The Hall–Kier alpha value is -1.26. The van der Waals surface area contributed by atoms with E-state index in [9.17, 15) is 4.79 Å². The lowest BCUT2D eigenvalue weighted by molar-refractivity contribution is -0.125. The fourth-order valence-electron chi connectivity index (χ4n) is 2.39. The molecule has 5 heteroatoms. The van der Waals surface area contributed by atoms with Crippen LogP contribution in [0.5, 0.6) is 0 Å². The molecule has 18 heavy (non-hydrogen) atoms. The number of oxime groups is 1. The zero-order valence-corrected chi connectivity index (χ0v) is 11.0. The first-order valence-corrected chi connectivity index (χ1v) is 6.98. The summed E-state index contributed by atoms with van der Waals surface area (Å²) >= 11 is 0. The third-order valence-electron chi connectivity index (χ3n) is 3.51. The van der Waals surface area contributed by atoms with E-state index in [4.69, 9.17) is 10.9 Å². The Bertz CT molecular complexity index is 271. The second-order valence-electron chi connectivity index (χ2n) is 5.03. The van der Waals surface area contributed by atoms with Gasteiger partial charge in [-0.15, -0.1) is 0 Å². The van der Waals surface area contributed by atoms with Gasteiger partial charge >= 0.3 is 0 Å². The van der Waals surface area contributed by atoms with Gasteiger partial charge in [0.15, 0.2) is 0 Å². The summed E-state index contributed by atoms with van der Waals surface area (Å²) in [5.41, 5.74) is 5.36. The minimum absolute atomic E-state index is 0.177. The highest BCUT2D eigenvalue weighted by Crippen LogP contribution is 2.22. The van der Waals surface area contributed by atoms with Gasteiger partial charge in [-0.1, -0.05) is 37.3 Å². The molecule has 0 saturated heterocycles. The van der Waals surface area contributed by atoms with Crippen LogP contribution in [-0.4, -0.2) is 23.5 Å². The first kappa shape index (κ1) is 14.8. The van der Waals surface area contributed by atoms with Gasteiger partial charge in [-0.2, -0.15) is 0 Å². The minimum Gasteiger partial charge on any atom is -0.409 e. The molecule has 0 atom stereocenters. The van der Waals surface area contributed by atoms with Crippen molar-refractivity contribution in [2.45, 2.75) is 57.8 Å². The average Bonchev–Trinajstić information content (AvgIpc) is 2.33. The van der Waals surface area contributed by atoms with Crippen LogP contribution in [0.4, 0.5) is 0 Å². The van der Waals surface area contributed by atoms with Crippen LogP contribution in [0.15, 0.2) is 5.16 Å². The van der Waals surface area contributed by atoms with Gasteiger partial charge in [0.05, 0.1) is 0 Å². The van der Waals surface area contributed by atoms with Crippen molar-refractivity contribution in [1.29, 1.82) is 0 Å². The number of hydrogen-bond acceptors (Lipinski definition) is 3. The number of rotatable bonds is 5. The van der Waals surface area contributed by atoms with Gasteiger partial charge in [0.2, 0.25) is 5.91 Å². The Labute approximate surface area is 109 Å². The Kier molecular flexibility index (Phi) is 7.22. The number of hydrogen-bond donors (Lipinski definition) is 3. The lowest BCUT2D eigenvalue weighted by atomic mass is 9.90. The third kappa shape index (κ3) is 5.89. The van der Waals surface area contributed by atoms with Gasteiger partial charge in [0.25, 0.3) is 0 Å². The second kappa shape index (κ2) is 8.78. The highest BCUT2D eigenvalue weighted by molar-refractivity contribution is 5.80. The SMILES string of the molecule is NC(CCCNC(=O)C1CCCCCCC1)=NO. The van der Waals surface area contributed by atoms with Crippen molar-refractivity contribution in [3.8, 4) is 0 Å². The molecule has 0 bridgehead atoms. The molecule has 1 aliphatic carbocycles. The van der Waals surface area contributed by atoms with Crippen LogP contribution >= 0.6 is 0 Å². The van der Waals surface area contributed by atoms with Crippen molar-refractivity contribution in [2.75, 3.05) is 6.54 Å². The summed E-state index contributed by atoms with van der Waals surface area (Å²) in [6.07, 6.45) is 9.44. The van der Waals surface area contributed by atoms with Crippen LogP contribution in [0.1, 0.15) is 57.8 Å². The number of nitrogens with one attached hydrogen (secondary N) is 1. The average molecular weight is 255 g/mol. The van der Waals surface area contributed by atoms with E-state index in [0.717, 1.165) is 12.8 Å². The monoisotopic (exact) mass is 255 g/mol. The van der Waals surface area contributed by atoms with Crippen LogP contribution < -0.4 is 11.1 Å². The molecule has 0 aliphatic heterocycles. The number of nitrogens with zero attached hydrogens (tertiary/aromatic N) is 1. The van der Waals surface area contributed by atoms with Crippen molar-refractivity contribution in [1.82, 2.24) is 5.32 Å². The summed E-state index contributed by atoms with van der Waals surface area (Å²) in [6, 6.07) is 0. The van der Waals surface area contributed by atoms with Crippen LogP contribution in [0.2, 0.25) is 0 Å². The van der Waals surface area contributed by atoms with Gasteiger partial charge in [-0.3, -0.25) is 4.79 Å². The van der Waals surface area contributed by atoms with E-state index in [1.165, 1.54) is 32.1 Å². The predicted molar refractivity (Wildman–Crippen MR) is 71.5 cm³/mol. The number of nitrogens with two attached hydrogens (primary N) is 1. The van der Waals surface area contributed by atoms with E-state index in [1.54, 1.807) is 0 Å². The molecular weight excluding hydrogens is 230 g/mol. The topological polar surface area (TPSA) is 87.7 Å². The molecule has 0 radical (unpaired) electrons. The van der Waals surface area contributed by atoms with Gasteiger partial charge in [0.1, 0.15) is 5.84 Å². The molecule has 0 unspecified atom stereocenters. The van der Waals surface area contributed by atoms with Crippen LogP contribution in [-0.2, 0) is 4.79 Å². The molecule has 0 aromatic carbocycles. The van der Waals surface area contributed by atoms with E-state index in [0.29, 0.717) is 19.4 Å².